The van der Waals surface area contributed by atoms with Crippen LogP contribution in [-0.2, 0) is 11.2 Å². The predicted molar refractivity (Wildman–Crippen MR) is 113 cm³/mol. The standard InChI is InChI=1S/C17H30N4OS.HI/c1-13-14(2)23-16(21-13)9-11-20-17(18-3)19-10-6-12-22-15-7-4-5-8-15;/h15H,4-12H2,1-3H3,(H2,18,19,20);1H. The molecule has 0 amide bonds. The molecule has 24 heavy (non-hydrogen) atoms. The number of ether oxygens (including phenoxy) is 1. The van der Waals surface area contributed by atoms with Gasteiger partial charge in [-0.05, 0) is 33.1 Å². The molecule has 1 fully saturated rings. The van der Waals surface area contributed by atoms with Gasteiger partial charge in [-0.15, -0.1) is 35.3 Å². The van der Waals surface area contributed by atoms with Crippen LogP contribution in [0, 0.1) is 13.8 Å². The highest BCUT2D eigenvalue weighted by Crippen LogP contribution is 2.20. The van der Waals surface area contributed by atoms with Crippen LogP contribution in [0.1, 0.15) is 47.7 Å². The van der Waals surface area contributed by atoms with Crippen molar-refractivity contribution in [3.8, 4) is 0 Å². The van der Waals surface area contributed by atoms with Crippen LogP contribution in [0.15, 0.2) is 4.99 Å². The molecule has 0 aromatic carbocycles. The monoisotopic (exact) mass is 466 g/mol. The Morgan fingerprint density at radius 2 is 1.96 bits per heavy atom. The number of thiazole rings is 1. The Kier molecular flexibility index (Phi) is 10.8. The second kappa shape index (κ2) is 12.0. The summed E-state index contributed by atoms with van der Waals surface area (Å²) in [6.07, 6.45) is 7.61. The van der Waals surface area contributed by atoms with Crippen LogP contribution in [0.4, 0.5) is 0 Å². The summed E-state index contributed by atoms with van der Waals surface area (Å²) >= 11 is 1.78. The van der Waals surface area contributed by atoms with Crippen molar-refractivity contribution < 1.29 is 4.74 Å². The Hall–Kier alpha value is -0.410. The summed E-state index contributed by atoms with van der Waals surface area (Å²) < 4.78 is 5.86. The Balaban J connectivity index is 0.00000288. The molecule has 5 nitrogen and oxygen atoms in total. The van der Waals surface area contributed by atoms with E-state index in [9.17, 15) is 0 Å². The number of aryl methyl sites for hydroxylation is 2. The van der Waals surface area contributed by atoms with Crippen molar-refractivity contribution in [3.63, 3.8) is 0 Å². The van der Waals surface area contributed by atoms with Crippen LogP contribution in [0.2, 0.25) is 0 Å². The first-order valence-corrected chi connectivity index (χ1v) is 9.49. The SMILES string of the molecule is CN=C(NCCCOC1CCCC1)NCCc1nc(C)c(C)s1.I. The third-order valence-corrected chi connectivity index (χ3v) is 5.33. The molecule has 0 spiro atoms. The maximum absolute atomic E-state index is 5.86. The largest absolute Gasteiger partial charge is 0.378 e. The highest BCUT2D eigenvalue weighted by atomic mass is 127. The zero-order valence-electron chi connectivity index (χ0n) is 15.1. The molecule has 0 atom stereocenters. The maximum atomic E-state index is 5.86. The summed E-state index contributed by atoms with van der Waals surface area (Å²) in [7, 11) is 1.81. The third-order valence-electron chi connectivity index (χ3n) is 4.20. The topological polar surface area (TPSA) is 58.5 Å². The lowest BCUT2D eigenvalue weighted by Crippen LogP contribution is -2.39. The zero-order chi connectivity index (χ0) is 16.5. The van der Waals surface area contributed by atoms with E-state index in [1.54, 1.807) is 11.3 Å². The average Bonchev–Trinajstić information content (AvgIpc) is 3.16. The van der Waals surface area contributed by atoms with E-state index >= 15 is 0 Å². The van der Waals surface area contributed by atoms with Gasteiger partial charge < -0.3 is 15.4 Å². The molecule has 1 aromatic heterocycles. The van der Waals surface area contributed by atoms with Crippen molar-refractivity contribution in [2.45, 2.75) is 58.5 Å². The lowest BCUT2D eigenvalue weighted by molar-refractivity contribution is 0.0574. The molecule has 1 aliphatic rings. The summed E-state index contributed by atoms with van der Waals surface area (Å²) in [5.41, 5.74) is 1.15. The normalized spacial score (nSPS) is 15.4. The number of rotatable bonds is 8. The molecule has 1 heterocycles. The lowest BCUT2D eigenvalue weighted by atomic mass is 10.3. The molecule has 2 N–H and O–H groups in total. The maximum Gasteiger partial charge on any atom is 0.190 e. The van der Waals surface area contributed by atoms with Gasteiger partial charge in [-0.1, -0.05) is 12.8 Å². The molecule has 138 valence electrons. The first-order chi connectivity index (χ1) is 11.2. The molecular weight excluding hydrogens is 435 g/mol. The fourth-order valence-electron chi connectivity index (χ4n) is 2.74. The summed E-state index contributed by atoms with van der Waals surface area (Å²) in [5.74, 6) is 0.857. The quantitative estimate of drug-likeness (QED) is 0.267. The van der Waals surface area contributed by atoms with Gasteiger partial charge >= 0.3 is 0 Å². The van der Waals surface area contributed by atoms with E-state index in [0.29, 0.717) is 6.10 Å². The molecule has 0 aliphatic heterocycles. The molecule has 0 radical (unpaired) electrons. The number of hydrogen-bond acceptors (Lipinski definition) is 4. The van der Waals surface area contributed by atoms with Crippen LogP contribution in [0.5, 0.6) is 0 Å². The number of guanidine groups is 1. The lowest BCUT2D eigenvalue weighted by Gasteiger charge is -2.13. The molecule has 0 bridgehead atoms. The molecule has 2 rings (SSSR count). The summed E-state index contributed by atoms with van der Waals surface area (Å²) in [6.45, 7) is 6.77. The first kappa shape index (κ1) is 21.6. The highest BCUT2D eigenvalue weighted by molar-refractivity contribution is 14.0. The number of aliphatic imine (C=N–C) groups is 1. The van der Waals surface area contributed by atoms with Crippen LogP contribution < -0.4 is 10.6 Å². The van der Waals surface area contributed by atoms with Gasteiger partial charge in [-0.25, -0.2) is 4.98 Å². The second-order valence-corrected chi connectivity index (χ2v) is 7.34. The fraction of sp³-hybridized carbons (Fsp3) is 0.765. The second-order valence-electron chi connectivity index (χ2n) is 6.06. The van der Waals surface area contributed by atoms with Gasteiger partial charge in [0, 0.05) is 38.0 Å². The summed E-state index contributed by atoms with van der Waals surface area (Å²) in [4.78, 5) is 10.1. The van der Waals surface area contributed by atoms with E-state index in [2.05, 4.69) is 34.5 Å². The van der Waals surface area contributed by atoms with Crippen molar-refractivity contribution in [2.24, 2.45) is 4.99 Å². The van der Waals surface area contributed by atoms with Crippen LogP contribution in [0.25, 0.3) is 0 Å². The summed E-state index contributed by atoms with van der Waals surface area (Å²) in [5, 5.41) is 7.87. The number of nitrogens with zero attached hydrogens (tertiary/aromatic N) is 2. The molecule has 0 unspecified atom stereocenters. The van der Waals surface area contributed by atoms with Crippen molar-refractivity contribution in [3.05, 3.63) is 15.6 Å². The van der Waals surface area contributed by atoms with Crippen LogP contribution >= 0.6 is 35.3 Å². The molecular formula is C17H31IN4OS. The molecule has 7 heteroatoms. The minimum atomic E-state index is 0. The van der Waals surface area contributed by atoms with Gasteiger partial charge in [0.1, 0.15) is 0 Å². The van der Waals surface area contributed by atoms with Crippen molar-refractivity contribution >= 4 is 41.3 Å². The van der Waals surface area contributed by atoms with E-state index in [1.807, 2.05) is 7.05 Å². The third kappa shape index (κ3) is 7.65. The van der Waals surface area contributed by atoms with E-state index in [4.69, 9.17) is 4.74 Å². The van der Waals surface area contributed by atoms with Gasteiger partial charge in [0.05, 0.1) is 16.8 Å². The number of halogens is 1. The Morgan fingerprint density at radius 1 is 1.25 bits per heavy atom. The zero-order valence-corrected chi connectivity index (χ0v) is 18.2. The van der Waals surface area contributed by atoms with Crippen molar-refractivity contribution in [1.82, 2.24) is 15.6 Å². The minimum Gasteiger partial charge on any atom is -0.378 e. The van der Waals surface area contributed by atoms with Crippen LogP contribution in [0.3, 0.4) is 0 Å². The van der Waals surface area contributed by atoms with E-state index in [-0.39, 0.29) is 24.0 Å². The van der Waals surface area contributed by atoms with E-state index in [1.165, 1.54) is 35.6 Å². The minimum absolute atomic E-state index is 0. The number of nitrogens with one attached hydrogen (secondary N) is 2. The molecule has 0 saturated heterocycles. The van der Waals surface area contributed by atoms with Crippen molar-refractivity contribution in [2.75, 3.05) is 26.7 Å². The first-order valence-electron chi connectivity index (χ1n) is 8.68. The molecule has 1 saturated carbocycles. The number of aromatic nitrogens is 1. The highest BCUT2D eigenvalue weighted by Gasteiger charge is 2.14. The molecule has 1 aliphatic carbocycles. The number of hydrogen-bond donors (Lipinski definition) is 2. The van der Waals surface area contributed by atoms with Gasteiger partial charge in [0.25, 0.3) is 0 Å². The van der Waals surface area contributed by atoms with E-state index < -0.39 is 0 Å². The fourth-order valence-corrected chi connectivity index (χ4v) is 3.67. The Bertz CT molecular complexity index is 481. The van der Waals surface area contributed by atoms with Gasteiger partial charge in [0.15, 0.2) is 5.96 Å². The van der Waals surface area contributed by atoms with Crippen LogP contribution in [-0.4, -0.2) is 43.8 Å². The Labute approximate surface area is 167 Å². The molecule has 1 aromatic rings. The van der Waals surface area contributed by atoms with Gasteiger partial charge in [-0.2, -0.15) is 0 Å². The Morgan fingerprint density at radius 3 is 2.58 bits per heavy atom. The predicted octanol–water partition coefficient (Wildman–Crippen LogP) is 3.43. The van der Waals surface area contributed by atoms with Gasteiger partial charge in [0.2, 0.25) is 0 Å². The van der Waals surface area contributed by atoms with E-state index in [0.717, 1.165) is 44.2 Å². The van der Waals surface area contributed by atoms with Gasteiger partial charge in [-0.3, -0.25) is 4.99 Å². The summed E-state index contributed by atoms with van der Waals surface area (Å²) in [6, 6.07) is 0. The van der Waals surface area contributed by atoms with Crippen molar-refractivity contribution in [1.29, 1.82) is 0 Å². The average molecular weight is 466 g/mol. The smallest absolute Gasteiger partial charge is 0.190 e.